The first-order chi connectivity index (χ1) is 15.3. The molecular weight excluding hydrogens is 404 g/mol. The molecule has 168 valence electrons. The van der Waals surface area contributed by atoms with Gasteiger partial charge in [-0.1, -0.05) is 18.8 Å². The molecule has 0 spiro atoms. The third-order valence-electron chi connectivity index (χ3n) is 5.00. The molecule has 32 heavy (non-hydrogen) atoms. The van der Waals surface area contributed by atoms with Gasteiger partial charge < -0.3 is 20.7 Å². The van der Waals surface area contributed by atoms with Crippen molar-refractivity contribution in [1.82, 2.24) is 0 Å². The molecule has 0 radical (unpaired) electrons. The number of hydrogen-bond acceptors (Lipinski definition) is 5. The highest BCUT2D eigenvalue weighted by Crippen LogP contribution is 2.25. The van der Waals surface area contributed by atoms with Crippen molar-refractivity contribution in [3.63, 3.8) is 0 Å². The maximum absolute atomic E-state index is 12.5. The first-order valence-electron chi connectivity index (χ1n) is 10.4. The van der Waals surface area contributed by atoms with Crippen molar-refractivity contribution in [2.45, 2.75) is 33.6 Å². The Morgan fingerprint density at radius 3 is 2.44 bits per heavy atom. The van der Waals surface area contributed by atoms with E-state index < -0.39 is 0 Å². The van der Waals surface area contributed by atoms with Gasteiger partial charge in [-0.25, -0.2) is 0 Å². The Labute approximate surface area is 189 Å². The lowest BCUT2D eigenvalue weighted by Gasteiger charge is -2.24. The molecule has 0 saturated heterocycles. The van der Waals surface area contributed by atoms with Gasteiger partial charge in [-0.05, 0) is 61.4 Å². The number of amidine groups is 1. The number of esters is 1. The number of carbonyl (C=O) groups excluding carboxylic acids is 2. The molecule has 4 N–H and O–H groups in total. The zero-order valence-corrected chi connectivity index (χ0v) is 19.0. The number of nitrogens with one attached hydrogen (secondary N) is 2. The van der Waals surface area contributed by atoms with Crippen LogP contribution >= 0.6 is 0 Å². The summed E-state index contributed by atoms with van der Waals surface area (Å²) in [4.78, 5) is 25.7. The monoisotopic (exact) mass is 434 g/mol. The van der Waals surface area contributed by atoms with E-state index in [-0.39, 0.29) is 30.7 Å². The summed E-state index contributed by atoms with van der Waals surface area (Å²) in [6.45, 7) is 6.42. The zero-order chi connectivity index (χ0) is 23.7. The van der Waals surface area contributed by atoms with Crippen molar-refractivity contribution < 1.29 is 14.3 Å². The van der Waals surface area contributed by atoms with E-state index in [1.807, 2.05) is 38.1 Å². The fourth-order valence-electron chi connectivity index (χ4n) is 3.16. The fraction of sp³-hybridized carbons (Fsp3) is 0.320. The molecule has 0 unspecified atom stereocenters. The highest BCUT2D eigenvalue weighted by atomic mass is 16.5. The molecule has 0 aliphatic heterocycles. The van der Waals surface area contributed by atoms with Gasteiger partial charge in [0.2, 0.25) is 5.91 Å². The van der Waals surface area contributed by atoms with Crippen LogP contribution in [0.4, 0.5) is 11.4 Å². The van der Waals surface area contributed by atoms with Gasteiger partial charge in [0.1, 0.15) is 5.84 Å². The molecule has 0 heterocycles. The SMILES string of the molecule is CCC(=O)N(CCC(=O)OC)c1cc(C)c(C#CCNc2ccc(C(=N)N)cc2)cc1C. The second kappa shape index (κ2) is 11.6. The van der Waals surface area contributed by atoms with Crippen LogP contribution in [0.15, 0.2) is 36.4 Å². The summed E-state index contributed by atoms with van der Waals surface area (Å²) < 4.78 is 4.71. The van der Waals surface area contributed by atoms with Crippen molar-refractivity contribution in [2.24, 2.45) is 5.73 Å². The van der Waals surface area contributed by atoms with E-state index in [0.29, 0.717) is 18.5 Å². The largest absolute Gasteiger partial charge is 0.469 e. The van der Waals surface area contributed by atoms with Crippen molar-refractivity contribution in [3.05, 3.63) is 58.7 Å². The van der Waals surface area contributed by atoms with Gasteiger partial charge in [-0.3, -0.25) is 15.0 Å². The van der Waals surface area contributed by atoms with E-state index in [4.69, 9.17) is 15.9 Å². The number of nitrogens with zero attached hydrogens (tertiary/aromatic N) is 1. The predicted octanol–water partition coefficient (Wildman–Crippen LogP) is 3.36. The molecule has 2 rings (SSSR count). The van der Waals surface area contributed by atoms with Gasteiger partial charge in [0.05, 0.1) is 20.1 Å². The molecule has 0 aromatic heterocycles. The quantitative estimate of drug-likeness (QED) is 0.256. The molecule has 0 atom stereocenters. The summed E-state index contributed by atoms with van der Waals surface area (Å²) >= 11 is 0. The summed E-state index contributed by atoms with van der Waals surface area (Å²) in [5.74, 6) is 5.94. The number of aryl methyl sites for hydroxylation is 2. The van der Waals surface area contributed by atoms with E-state index in [0.717, 1.165) is 28.1 Å². The first kappa shape index (κ1) is 24.5. The Morgan fingerprint density at radius 2 is 1.84 bits per heavy atom. The minimum atomic E-state index is -0.348. The molecular formula is C25H30N4O3. The summed E-state index contributed by atoms with van der Waals surface area (Å²) in [5, 5.41) is 10.6. The maximum Gasteiger partial charge on any atom is 0.307 e. The standard InChI is InChI=1S/C25H30N4O3/c1-5-23(30)29(14-12-24(31)32-4)22-16-17(2)20(15-18(22)3)7-6-13-28-21-10-8-19(9-11-21)25(26)27/h8-11,15-16,28H,5,12-14H2,1-4H3,(H3,26,27). The molecule has 0 fully saturated rings. The van der Waals surface area contributed by atoms with Crippen LogP contribution in [0.25, 0.3) is 0 Å². The Kier molecular flexibility index (Phi) is 8.84. The third kappa shape index (κ3) is 6.61. The molecule has 2 aromatic rings. The number of nitrogens with two attached hydrogens (primary N) is 1. The van der Waals surface area contributed by atoms with Gasteiger partial charge in [0, 0.05) is 35.5 Å². The minimum Gasteiger partial charge on any atom is -0.469 e. The van der Waals surface area contributed by atoms with Crippen molar-refractivity contribution in [2.75, 3.05) is 30.4 Å². The maximum atomic E-state index is 12.5. The third-order valence-corrected chi connectivity index (χ3v) is 5.00. The highest BCUT2D eigenvalue weighted by Gasteiger charge is 2.18. The number of benzene rings is 2. The number of anilines is 2. The first-order valence-corrected chi connectivity index (χ1v) is 10.4. The van der Waals surface area contributed by atoms with E-state index in [1.165, 1.54) is 7.11 Å². The number of hydrogen-bond donors (Lipinski definition) is 3. The molecule has 0 saturated carbocycles. The van der Waals surface area contributed by atoms with E-state index in [2.05, 4.69) is 17.2 Å². The summed E-state index contributed by atoms with van der Waals surface area (Å²) in [6.07, 6.45) is 0.488. The van der Waals surface area contributed by atoms with Crippen molar-refractivity contribution >= 4 is 29.1 Å². The number of ether oxygens (including phenoxy) is 1. The lowest BCUT2D eigenvalue weighted by molar-refractivity contribution is -0.140. The Morgan fingerprint density at radius 1 is 1.16 bits per heavy atom. The minimum absolute atomic E-state index is 0.0372. The van der Waals surface area contributed by atoms with Gasteiger partial charge in [0.25, 0.3) is 0 Å². The van der Waals surface area contributed by atoms with Crippen LogP contribution in [0.3, 0.4) is 0 Å². The van der Waals surface area contributed by atoms with Crippen LogP contribution in [0.5, 0.6) is 0 Å². The smallest absolute Gasteiger partial charge is 0.307 e. The van der Waals surface area contributed by atoms with E-state index >= 15 is 0 Å². The summed E-state index contributed by atoms with van der Waals surface area (Å²) in [6, 6.07) is 11.2. The predicted molar refractivity (Wildman–Crippen MR) is 128 cm³/mol. The van der Waals surface area contributed by atoms with Gasteiger partial charge >= 0.3 is 5.97 Å². The molecule has 7 heteroatoms. The second-order valence-corrected chi connectivity index (χ2v) is 7.33. The zero-order valence-electron chi connectivity index (χ0n) is 19.0. The van der Waals surface area contributed by atoms with Crippen LogP contribution in [0.2, 0.25) is 0 Å². The fourth-order valence-corrected chi connectivity index (χ4v) is 3.16. The van der Waals surface area contributed by atoms with Gasteiger partial charge in [-0.15, -0.1) is 0 Å². The molecule has 7 nitrogen and oxygen atoms in total. The van der Waals surface area contributed by atoms with Crippen molar-refractivity contribution in [3.8, 4) is 11.8 Å². The Bertz CT molecular complexity index is 1050. The number of amides is 1. The summed E-state index contributed by atoms with van der Waals surface area (Å²) in [7, 11) is 1.34. The number of nitrogen functional groups attached to an aromatic ring is 1. The molecule has 0 aliphatic carbocycles. The van der Waals surface area contributed by atoms with E-state index in [1.54, 1.807) is 24.0 Å². The number of carbonyl (C=O) groups is 2. The number of rotatable bonds is 8. The Hall–Kier alpha value is -3.79. The summed E-state index contributed by atoms with van der Waals surface area (Å²) in [5.41, 5.74) is 10.6. The topological polar surface area (TPSA) is 109 Å². The van der Waals surface area contributed by atoms with Crippen LogP contribution in [-0.2, 0) is 14.3 Å². The average Bonchev–Trinajstić information content (AvgIpc) is 2.79. The van der Waals surface area contributed by atoms with Gasteiger partial charge in [-0.2, -0.15) is 0 Å². The number of methoxy groups -OCH3 is 1. The normalized spacial score (nSPS) is 10.0. The lowest BCUT2D eigenvalue weighted by atomic mass is 10.0. The van der Waals surface area contributed by atoms with Crippen LogP contribution in [0, 0.1) is 31.1 Å². The van der Waals surface area contributed by atoms with Crippen LogP contribution in [0.1, 0.15) is 42.0 Å². The average molecular weight is 435 g/mol. The highest BCUT2D eigenvalue weighted by molar-refractivity contribution is 5.95. The van der Waals surface area contributed by atoms with Crippen molar-refractivity contribution in [1.29, 1.82) is 5.41 Å². The molecule has 2 aromatic carbocycles. The molecule has 0 bridgehead atoms. The van der Waals surface area contributed by atoms with E-state index in [9.17, 15) is 9.59 Å². The van der Waals surface area contributed by atoms with Crippen LogP contribution < -0.4 is 16.0 Å². The van der Waals surface area contributed by atoms with Gasteiger partial charge in [0.15, 0.2) is 0 Å². The Balaban J connectivity index is 2.13. The molecule has 0 aliphatic rings. The van der Waals surface area contributed by atoms with Crippen LogP contribution in [-0.4, -0.2) is 37.9 Å². The molecule has 1 amide bonds. The second-order valence-electron chi connectivity index (χ2n) is 7.33. The lowest BCUT2D eigenvalue weighted by Crippen LogP contribution is -2.33.